The number of amides is 2. The van der Waals surface area contributed by atoms with Gasteiger partial charge < -0.3 is 20.6 Å². The number of carbonyl (C=O) groups is 1. The van der Waals surface area contributed by atoms with E-state index in [-0.39, 0.29) is 19.2 Å². The van der Waals surface area contributed by atoms with Crippen molar-refractivity contribution in [3.8, 4) is 0 Å². The van der Waals surface area contributed by atoms with Crippen LogP contribution in [0.4, 0.5) is 16.2 Å². The zero-order valence-electron chi connectivity index (χ0n) is 12.6. The maximum Gasteiger partial charge on any atom is 0.319 e. The SMILES string of the molecule is CN(Cc1ccccc1NC(=O)NCCO)c1ccccc1. The van der Waals surface area contributed by atoms with E-state index in [0.29, 0.717) is 6.54 Å². The van der Waals surface area contributed by atoms with Gasteiger partial charge in [-0.25, -0.2) is 4.79 Å². The number of para-hydroxylation sites is 2. The second kappa shape index (κ2) is 8.05. The molecule has 2 aromatic rings. The molecule has 2 rings (SSSR count). The average Bonchev–Trinajstić information content (AvgIpc) is 2.55. The molecule has 116 valence electrons. The first-order valence-electron chi connectivity index (χ1n) is 7.20. The van der Waals surface area contributed by atoms with Gasteiger partial charge in [0, 0.05) is 31.5 Å². The molecule has 0 aliphatic heterocycles. The van der Waals surface area contributed by atoms with E-state index in [4.69, 9.17) is 5.11 Å². The number of urea groups is 1. The minimum atomic E-state index is -0.316. The Hall–Kier alpha value is -2.53. The molecule has 5 heteroatoms. The highest BCUT2D eigenvalue weighted by atomic mass is 16.3. The molecule has 0 saturated carbocycles. The maximum absolute atomic E-state index is 11.7. The summed E-state index contributed by atoms with van der Waals surface area (Å²) < 4.78 is 0. The van der Waals surface area contributed by atoms with Crippen LogP contribution in [-0.2, 0) is 6.54 Å². The predicted molar refractivity (Wildman–Crippen MR) is 89.1 cm³/mol. The van der Waals surface area contributed by atoms with Gasteiger partial charge in [-0.05, 0) is 23.8 Å². The Balaban J connectivity index is 2.06. The van der Waals surface area contributed by atoms with E-state index >= 15 is 0 Å². The highest BCUT2D eigenvalue weighted by Crippen LogP contribution is 2.20. The normalized spacial score (nSPS) is 10.1. The van der Waals surface area contributed by atoms with Crippen molar-refractivity contribution < 1.29 is 9.90 Å². The number of benzene rings is 2. The fourth-order valence-electron chi connectivity index (χ4n) is 2.15. The Labute approximate surface area is 130 Å². The second-order valence-corrected chi connectivity index (χ2v) is 4.95. The van der Waals surface area contributed by atoms with E-state index in [9.17, 15) is 4.79 Å². The van der Waals surface area contributed by atoms with Crippen LogP contribution in [0.25, 0.3) is 0 Å². The molecule has 0 fully saturated rings. The second-order valence-electron chi connectivity index (χ2n) is 4.95. The van der Waals surface area contributed by atoms with Crippen LogP contribution in [0, 0.1) is 0 Å². The van der Waals surface area contributed by atoms with Gasteiger partial charge in [0.25, 0.3) is 0 Å². The summed E-state index contributed by atoms with van der Waals surface area (Å²) in [6.07, 6.45) is 0. The summed E-state index contributed by atoms with van der Waals surface area (Å²) in [7, 11) is 2.01. The summed E-state index contributed by atoms with van der Waals surface area (Å²) in [6, 6.07) is 17.4. The van der Waals surface area contributed by atoms with Crippen LogP contribution in [0.1, 0.15) is 5.56 Å². The smallest absolute Gasteiger partial charge is 0.319 e. The molecule has 2 aromatic carbocycles. The summed E-state index contributed by atoms with van der Waals surface area (Å²) in [5.41, 5.74) is 2.90. The minimum Gasteiger partial charge on any atom is -0.395 e. The number of hydrogen-bond donors (Lipinski definition) is 3. The van der Waals surface area contributed by atoms with E-state index in [1.54, 1.807) is 0 Å². The molecule has 0 aliphatic carbocycles. The fraction of sp³-hybridized carbons (Fsp3) is 0.235. The number of hydrogen-bond acceptors (Lipinski definition) is 3. The zero-order chi connectivity index (χ0) is 15.8. The van der Waals surface area contributed by atoms with Gasteiger partial charge in [0.2, 0.25) is 0 Å². The molecule has 22 heavy (non-hydrogen) atoms. The lowest BCUT2D eigenvalue weighted by Crippen LogP contribution is -2.31. The van der Waals surface area contributed by atoms with Crippen LogP contribution >= 0.6 is 0 Å². The topological polar surface area (TPSA) is 64.6 Å². The van der Waals surface area contributed by atoms with Crippen LogP contribution in [0.2, 0.25) is 0 Å². The highest BCUT2D eigenvalue weighted by Gasteiger charge is 2.08. The lowest BCUT2D eigenvalue weighted by atomic mass is 10.1. The quantitative estimate of drug-likeness (QED) is 0.767. The van der Waals surface area contributed by atoms with Gasteiger partial charge in [0.1, 0.15) is 0 Å². The largest absolute Gasteiger partial charge is 0.395 e. The van der Waals surface area contributed by atoms with Crippen LogP contribution in [-0.4, -0.2) is 31.3 Å². The molecule has 0 aromatic heterocycles. The van der Waals surface area contributed by atoms with Crippen LogP contribution in [0.3, 0.4) is 0 Å². The van der Waals surface area contributed by atoms with Crippen molar-refractivity contribution in [3.05, 3.63) is 60.2 Å². The van der Waals surface area contributed by atoms with E-state index < -0.39 is 0 Å². The molecule has 0 radical (unpaired) electrons. The Morgan fingerprint density at radius 2 is 1.77 bits per heavy atom. The van der Waals surface area contributed by atoms with Crippen molar-refractivity contribution in [2.45, 2.75) is 6.54 Å². The average molecular weight is 299 g/mol. The summed E-state index contributed by atoms with van der Waals surface area (Å²) in [5.74, 6) is 0. The molecule has 0 aliphatic rings. The molecular weight excluding hydrogens is 278 g/mol. The summed E-state index contributed by atoms with van der Waals surface area (Å²) in [4.78, 5) is 13.8. The van der Waals surface area contributed by atoms with Crippen molar-refractivity contribution in [3.63, 3.8) is 0 Å². The molecule has 0 saturated heterocycles. The van der Waals surface area contributed by atoms with Crippen molar-refractivity contribution >= 4 is 17.4 Å². The zero-order valence-corrected chi connectivity index (χ0v) is 12.6. The molecular formula is C17H21N3O2. The highest BCUT2D eigenvalue weighted by molar-refractivity contribution is 5.90. The molecule has 3 N–H and O–H groups in total. The fourth-order valence-corrected chi connectivity index (χ4v) is 2.15. The summed E-state index contributed by atoms with van der Waals surface area (Å²) in [5, 5.41) is 14.1. The maximum atomic E-state index is 11.7. The lowest BCUT2D eigenvalue weighted by molar-refractivity contribution is 0.245. The number of anilines is 2. The molecule has 5 nitrogen and oxygen atoms in total. The Bertz CT molecular complexity index is 602. The van der Waals surface area contributed by atoms with E-state index in [1.165, 1.54) is 0 Å². The number of rotatable bonds is 6. The van der Waals surface area contributed by atoms with Crippen molar-refractivity contribution in [1.82, 2.24) is 5.32 Å². The van der Waals surface area contributed by atoms with Crippen LogP contribution in [0.5, 0.6) is 0 Å². The van der Waals surface area contributed by atoms with Gasteiger partial charge in [-0.3, -0.25) is 0 Å². The van der Waals surface area contributed by atoms with Crippen molar-refractivity contribution in [1.29, 1.82) is 0 Å². The van der Waals surface area contributed by atoms with Gasteiger partial charge in [-0.2, -0.15) is 0 Å². The Morgan fingerprint density at radius 3 is 2.50 bits per heavy atom. The molecule has 0 unspecified atom stereocenters. The Morgan fingerprint density at radius 1 is 1.09 bits per heavy atom. The Kier molecular flexibility index (Phi) is 5.80. The number of aliphatic hydroxyl groups is 1. The van der Waals surface area contributed by atoms with Gasteiger partial charge in [-0.15, -0.1) is 0 Å². The van der Waals surface area contributed by atoms with Gasteiger partial charge in [0.05, 0.1) is 6.61 Å². The summed E-state index contributed by atoms with van der Waals surface area (Å²) >= 11 is 0. The first-order chi connectivity index (χ1) is 10.7. The molecule has 0 atom stereocenters. The minimum absolute atomic E-state index is 0.0776. The molecule has 0 spiro atoms. The lowest BCUT2D eigenvalue weighted by Gasteiger charge is -2.21. The van der Waals surface area contributed by atoms with E-state index in [1.807, 2.05) is 61.6 Å². The van der Waals surface area contributed by atoms with Gasteiger partial charge in [0.15, 0.2) is 0 Å². The monoisotopic (exact) mass is 299 g/mol. The number of carbonyl (C=O) groups excluding carboxylic acids is 1. The molecule has 0 heterocycles. The third kappa shape index (κ3) is 4.49. The van der Waals surface area contributed by atoms with E-state index in [0.717, 1.165) is 16.9 Å². The standard InChI is InChI=1S/C17H21N3O2/c1-20(15-8-3-2-4-9-15)13-14-7-5-6-10-16(14)19-17(22)18-11-12-21/h2-10,21H,11-13H2,1H3,(H2,18,19,22). The van der Waals surface area contributed by atoms with Crippen molar-refractivity contribution in [2.24, 2.45) is 0 Å². The number of aliphatic hydroxyl groups excluding tert-OH is 1. The van der Waals surface area contributed by atoms with Gasteiger partial charge >= 0.3 is 6.03 Å². The van der Waals surface area contributed by atoms with Gasteiger partial charge in [-0.1, -0.05) is 36.4 Å². The van der Waals surface area contributed by atoms with Crippen LogP contribution < -0.4 is 15.5 Å². The first kappa shape index (κ1) is 15.9. The van der Waals surface area contributed by atoms with Crippen molar-refractivity contribution in [2.75, 3.05) is 30.4 Å². The first-order valence-corrected chi connectivity index (χ1v) is 7.20. The molecule has 2 amide bonds. The number of nitrogens with one attached hydrogen (secondary N) is 2. The molecule has 0 bridgehead atoms. The third-order valence-corrected chi connectivity index (χ3v) is 3.27. The summed E-state index contributed by atoms with van der Waals surface area (Å²) in [6.45, 7) is 0.837. The predicted octanol–water partition coefficient (Wildman–Crippen LogP) is 2.44. The van der Waals surface area contributed by atoms with E-state index in [2.05, 4.69) is 15.5 Å². The number of nitrogens with zero attached hydrogens (tertiary/aromatic N) is 1. The third-order valence-electron chi connectivity index (χ3n) is 3.27. The van der Waals surface area contributed by atoms with Crippen LogP contribution in [0.15, 0.2) is 54.6 Å².